The van der Waals surface area contributed by atoms with Crippen LogP contribution in [0.5, 0.6) is 0 Å². The Bertz CT molecular complexity index is 180. The van der Waals surface area contributed by atoms with Crippen LogP contribution in [0.4, 0.5) is 0 Å². The van der Waals surface area contributed by atoms with E-state index in [1.807, 2.05) is 6.08 Å². The van der Waals surface area contributed by atoms with E-state index in [0.717, 1.165) is 6.42 Å². The van der Waals surface area contributed by atoms with Crippen LogP contribution in [0.1, 0.15) is 45.4 Å². The van der Waals surface area contributed by atoms with Gasteiger partial charge in [0.05, 0.1) is 0 Å². The topological polar surface area (TPSA) is 17.1 Å². The molecule has 0 aromatic heterocycles. The van der Waals surface area contributed by atoms with Gasteiger partial charge in [-0.25, -0.2) is 0 Å². The van der Waals surface area contributed by atoms with Crippen molar-refractivity contribution in [2.45, 2.75) is 45.4 Å². The molecule has 1 fully saturated rings. The van der Waals surface area contributed by atoms with Gasteiger partial charge in [-0.1, -0.05) is 32.3 Å². The van der Waals surface area contributed by atoms with Crippen LogP contribution in [0.3, 0.4) is 0 Å². The molecule has 2 unspecified atom stereocenters. The fourth-order valence-electron chi connectivity index (χ4n) is 2.65. The Morgan fingerprint density at radius 3 is 2.50 bits per heavy atom. The Balaban J connectivity index is 2.49. The van der Waals surface area contributed by atoms with Gasteiger partial charge in [0.15, 0.2) is 0 Å². The van der Waals surface area contributed by atoms with Crippen molar-refractivity contribution in [3.63, 3.8) is 0 Å². The predicted molar refractivity (Wildman–Crippen MR) is 60.1 cm³/mol. The van der Waals surface area contributed by atoms with Crippen LogP contribution in [0.25, 0.3) is 0 Å². The molecular weight excluding hydrogens is 172 g/mol. The smallest absolute Gasteiger partial charge is 0.123 e. The molecule has 1 saturated carbocycles. The highest BCUT2D eigenvalue weighted by atomic mass is 16.1. The van der Waals surface area contributed by atoms with Crippen LogP contribution in [0.2, 0.25) is 0 Å². The minimum absolute atomic E-state index is 0.272. The second-order valence-corrected chi connectivity index (χ2v) is 4.61. The second-order valence-electron chi connectivity index (χ2n) is 4.61. The van der Waals surface area contributed by atoms with Crippen molar-refractivity contribution in [1.29, 1.82) is 0 Å². The Hall–Kier alpha value is -0.590. The lowest BCUT2D eigenvalue weighted by Gasteiger charge is -2.30. The number of aldehydes is 1. The Kier molecular flexibility index (Phi) is 4.92. The van der Waals surface area contributed by atoms with E-state index in [1.165, 1.54) is 38.4 Å². The van der Waals surface area contributed by atoms with Gasteiger partial charge in [0.1, 0.15) is 6.29 Å². The van der Waals surface area contributed by atoms with Crippen LogP contribution in [-0.4, -0.2) is 6.29 Å². The fourth-order valence-corrected chi connectivity index (χ4v) is 2.65. The minimum atomic E-state index is 0.272. The maximum atomic E-state index is 11.1. The maximum Gasteiger partial charge on any atom is 0.123 e. The molecule has 0 amide bonds. The molecule has 0 bridgehead atoms. The Morgan fingerprint density at radius 1 is 1.36 bits per heavy atom. The molecule has 1 rings (SSSR count). The molecule has 0 radical (unpaired) electrons. The van der Waals surface area contributed by atoms with Crippen molar-refractivity contribution < 1.29 is 4.79 Å². The molecule has 0 aliphatic heterocycles. The summed E-state index contributed by atoms with van der Waals surface area (Å²) < 4.78 is 0. The lowest BCUT2D eigenvalue weighted by atomic mass is 9.74. The van der Waals surface area contributed by atoms with Gasteiger partial charge in [-0.05, 0) is 31.1 Å². The zero-order chi connectivity index (χ0) is 10.4. The van der Waals surface area contributed by atoms with E-state index in [9.17, 15) is 4.79 Å². The van der Waals surface area contributed by atoms with Gasteiger partial charge in [-0.3, -0.25) is 0 Å². The number of hydrogen-bond donors (Lipinski definition) is 0. The third-order valence-corrected chi connectivity index (χ3v) is 3.55. The summed E-state index contributed by atoms with van der Waals surface area (Å²) in [7, 11) is 0. The number of carbonyl (C=O) groups excluding carboxylic acids is 1. The molecule has 1 aliphatic carbocycles. The summed E-state index contributed by atoms with van der Waals surface area (Å²) >= 11 is 0. The first-order valence-electron chi connectivity index (χ1n) is 5.85. The molecule has 0 aromatic carbocycles. The van der Waals surface area contributed by atoms with E-state index in [-0.39, 0.29) is 5.92 Å². The monoisotopic (exact) mass is 194 g/mol. The van der Waals surface area contributed by atoms with Crippen molar-refractivity contribution in [2.24, 2.45) is 17.8 Å². The third kappa shape index (κ3) is 2.97. The van der Waals surface area contributed by atoms with Crippen LogP contribution < -0.4 is 0 Å². The zero-order valence-electron chi connectivity index (χ0n) is 9.24. The molecule has 0 saturated heterocycles. The standard InChI is InChI=1S/C13H22O/c1-3-7-11(2)13(10-14)12-8-5-4-6-9-12/h3,10-13H,1,4-9H2,2H3. The lowest BCUT2D eigenvalue weighted by molar-refractivity contribution is -0.114. The van der Waals surface area contributed by atoms with E-state index >= 15 is 0 Å². The molecule has 80 valence electrons. The number of rotatable bonds is 5. The van der Waals surface area contributed by atoms with Crippen molar-refractivity contribution >= 4 is 6.29 Å². The molecular formula is C13H22O. The van der Waals surface area contributed by atoms with E-state index in [4.69, 9.17) is 0 Å². The molecule has 0 aromatic rings. The van der Waals surface area contributed by atoms with Gasteiger partial charge in [0.2, 0.25) is 0 Å². The molecule has 1 heteroatoms. The quantitative estimate of drug-likeness (QED) is 0.483. The number of carbonyl (C=O) groups is 1. The second kappa shape index (κ2) is 6.00. The number of allylic oxidation sites excluding steroid dienone is 1. The first kappa shape index (κ1) is 11.5. The summed E-state index contributed by atoms with van der Waals surface area (Å²) in [6.07, 6.45) is 10.6. The first-order valence-corrected chi connectivity index (χ1v) is 5.85. The van der Waals surface area contributed by atoms with Gasteiger partial charge in [0.25, 0.3) is 0 Å². The van der Waals surface area contributed by atoms with Crippen LogP contribution >= 0.6 is 0 Å². The van der Waals surface area contributed by atoms with E-state index < -0.39 is 0 Å². The van der Waals surface area contributed by atoms with E-state index in [0.29, 0.717) is 11.8 Å². The fraction of sp³-hybridized carbons (Fsp3) is 0.769. The highest BCUT2D eigenvalue weighted by Gasteiger charge is 2.26. The first-order chi connectivity index (χ1) is 6.79. The minimum Gasteiger partial charge on any atom is -0.303 e. The average Bonchev–Trinajstić information content (AvgIpc) is 2.21. The normalized spacial score (nSPS) is 22.6. The zero-order valence-corrected chi connectivity index (χ0v) is 9.24. The SMILES string of the molecule is C=CCC(C)C(C=O)C1CCCCC1. The van der Waals surface area contributed by atoms with Gasteiger partial charge in [-0.2, -0.15) is 0 Å². The summed E-state index contributed by atoms with van der Waals surface area (Å²) in [4.78, 5) is 11.1. The molecule has 1 nitrogen and oxygen atoms in total. The van der Waals surface area contributed by atoms with Crippen molar-refractivity contribution in [2.75, 3.05) is 0 Å². The average molecular weight is 194 g/mol. The molecule has 0 spiro atoms. The van der Waals surface area contributed by atoms with E-state index in [2.05, 4.69) is 13.5 Å². The predicted octanol–water partition coefficient (Wildman–Crippen LogP) is 3.59. The van der Waals surface area contributed by atoms with Gasteiger partial charge >= 0.3 is 0 Å². The van der Waals surface area contributed by atoms with Crippen LogP contribution in [-0.2, 0) is 4.79 Å². The summed E-state index contributed by atoms with van der Waals surface area (Å²) in [6, 6.07) is 0. The Labute approximate surface area is 87.6 Å². The summed E-state index contributed by atoms with van der Waals surface area (Å²) in [5, 5.41) is 0. The van der Waals surface area contributed by atoms with Gasteiger partial charge in [-0.15, -0.1) is 6.58 Å². The van der Waals surface area contributed by atoms with Gasteiger partial charge in [0, 0.05) is 5.92 Å². The summed E-state index contributed by atoms with van der Waals surface area (Å²) in [6.45, 7) is 5.92. The highest BCUT2D eigenvalue weighted by molar-refractivity contribution is 5.54. The lowest BCUT2D eigenvalue weighted by Crippen LogP contribution is -2.25. The van der Waals surface area contributed by atoms with Crippen LogP contribution in [0.15, 0.2) is 12.7 Å². The Morgan fingerprint density at radius 2 is 2.00 bits per heavy atom. The molecule has 1 aliphatic rings. The largest absolute Gasteiger partial charge is 0.303 e. The highest BCUT2D eigenvalue weighted by Crippen LogP contribution is 2.33. The van der Waals surface area contributed by atoms with Crippen molar-refractivity contribution in [1.82, 2.24) is 0 Å². The van der Waals surface area contributed by atoms with Crippen LogP contribution in [0, 0.1) is 17.8 Å². The molecule has 0 heterocycles. The summed E-state index contributed by atoms with van der Waals surface area (Å²) in [5.41, 5.74) is 0. The van der Waals surface area contributed by atoms with E-state index in [1.54, 1.807) is 0 Å². The molecule has 2 atom stereocenters. The molecule has 0 N–H and O–H groups in total. The van der Waals surface area contributed by atoms with Crippen molar-refractivity contribution in [3.8, 4) is 0 Å². The third-order valence-electron chi connectivity index (χ3n) is 3.55. The molecule has 14 heavy (non-hydrogen) atoms. The van der Waals surface area contributed by atoms with Crippen molar-refractivity contribution in [3.05, 3.63) is 12.7 Å². The van der Waals surface area contributed by atoms with Gasteiger partial charge < -0.3 is 4.79 Å². The maximum absolute atomic E-state index is 11.1. The number of hydrogen-bond acceptors (Lipinski definition) is 1. The summed E-state index contributed by atoms with van der Waals surface area (Å²) in [5.74, 6) is 1.40.